The lowest BCUT2D eigenvalue weighted by Crippen LogP contribution is -2.34. The van der Waals surface area contributed by atoms with Crippen molar-refractivity contribution >= 4 is 5.91 Å². The zero-order chi connectivity index (χ0) is 16.5. The lowest BCUT2D eigenvalue weighted by atomic mass is 9.98. The molecule has 1 atom stereocenters. The first-order valence-corrected chi connectivity index (χ1v) is 6.62. The predicted molar refractivity (Wildman–Crippen MR) is 65.8 cm³/mol. The van der Waals surface area contributed by atoms with Crippen molar-refractivity contribution in [3.63, 3.8) is 0 Å². The highest BCUT2D eigenvalue weighted by Crippen LogP contribution is 2.41. The van der Waals surface area contributed by atoms with Crippen LogP contribution in [0.3, 0.4) is 0 Å². The predicted octanol–water partition coefficient (Wildman–Crippen LogP) is 4.32. The number of rotatable bonds is 2. The molecule has 0 radical (unpaired) electrons. The van der Waals surface area contributed by atoms with Gasteiger partial charge in [-0.1, -0.05) is 18.2 Å². The number of carbonyl (C=O) groups is 1. The van der Waals surface area contributed by atoms with E-state index in [1.165, 1.54) is 18.2 Å². The molecule has 1 aromatic carbocycles. The van der Waals surface area contributed by atoms with Crippen LogP contribution in [0.4, 0.5) is 26.3 Å². The number of halogens is 6. The molecule has 22 heavy (non-hydrogen) atoms. The Hall–Kier alpha value is -1.73. The van der Waals surface area contributed by atoms with E-state index in [0.717, 1.165) is 11.0 Å². The van der Waals surface area contributed by atoms with Gasteiger partial charge < -0.3 is 4.90 Å². The molecule has 1 aromatic rings. The maximum atomic E-state index is 13.0. The molecule has 1 amide bonds. The third kappa shape index (κ3) is 3.72. The summed E-state index contributed by atoms with van der Waals surface area (Å²) in [6.45, 7) is 0.0335. The van der Waals surface area contributed by atoms with Crippen molar-refractivity contribution in [2.24, 2.45) is 0 Å². The molecule has 0 aliphatic carbocycles. The van der Waals surface area contributed by atoms with Gasteiger partial charge in [0.15, 0.2) is 0 Å². The average molecular weight is 325 g/mol. The molecule has 1 saturated heterocycles. The van der Waals surface area contributed by atoms with Crippen molar-refractivity contribution in [2.75, 3.05) is 6.54 Å². The first-order chi connectivity index (χ1) is 10.1. The van der Waals surface area contributed by atoms with Crippen molar-refractivity contribution in [1.29, 1.82) is 0 Å². The highest BCUT2D eigenvalue weighted by molar-refractivity contribution is 5.77. The molecule has 122 valence electrons. The van der Waals surface area contributed by atoms with E-state index < -0.39 is 36.3 Å². The summed E-state index contributed by atoms with van der Waals surface area (Å²) in [7, 11) is 0. The van der Waals surface area contributed by atoms with E-state index in [2.05, 4.69) is 0 Å². The van der Waals surface area contributed by atoms with Crippen LogP contribution in [0.15, 0.2) is 24.3 Å². The Morgan fingerprint density at radius 2 is 1.77 bits per heavy atom. The fourth-order valence-electron chi connectivity index (χ4n) is 2.71. The van der Waals surface area contributed by atoms with Gasteiger partial charge in [-0.3, -0.25) is 4.79 Å². The number of carbonyl (C=O) groups excluding carboxylic acids is 1. The van der Waals surface area contributed by atoms with E-state index in [1.807, 2.05) is 0 Å². The van der Waals surface area contributed by atoms with Crippen molar-refractivity contribution in [2.45, 2.75) is 37.7 Å². The van der Waals surface area contributed by atoms with Crippen molar-refractivity contribution in [1.82, 2.24) is 4.90 Å². The van der Waals surface area contributed by atoms with Gasteiger partial charge in [0.1, 0.15) is 6.42 Å². The van der Waals surface area contributed by atoms with E-state index in [0.29, 0.717) is 6.42 Å². The minimum absolute atomic E-state index is 0.0335. The molecule has 0 N–H and O–H groups in total. The topological polar surface area (TPSA) is 20.3 Å². The zero-order valence-electron chi connectivity index (χ0n) is 11.3. The van der Waals surface area contributed by atoms with Gasteiger partial charge >= 0.3 is 12.4 Å². The van der Waals surface area contributed by atoms with Crippen LogP contribution in [-0.4, -0.2) is 23.5 Å². The van der Waals surface area contributed by atoms with Gasteiger partial charge in [0.25, 0.3) is 0 Å². The summed E-state index contributed by atoms with van der Waals surface area (Å²) < 4.78 is 76.0. The number of alkyl halides is 6. The van der Waals surface area contributed by atoms with Gasteiger partial charge in [-0.2, -0.15) is 26.3 Å². The highest BCUT2D eigenvalue weighted by atomic mass is 19.4. The summed E-state index contributed by atoms with van der Waals surface area (Å²) in [5, 5.41) is 0. The van der Waals surface area contributed by atoms with Crippen LogP contribution in [0.2, 0.25) is 0 Å². The molecule has 1 aliphatic heterocycles. The number of amides is 1. The second-order valence-corrected chi connectivity index (χ2v) is 5.12. The van der Waals surface area contributed by atoms with Gasteiger partial charge in [0.2, 0.25) is 5.91 Å². The normalized spacial score (nSPS) is 19.5. The van der Waals surface area contributed by atoms with Crippen molar-refractivity contribution in [3.8, 4) is 0 Å². The van der Waals surface area contributed by atoms with Gasteiger partial charge in [0, 0.05) is 6.54 Å². The van der Waals surface area contributed by atoms with E-state index in [1.54, 1.807) is 0 Å². The zero-order valence-corrected chi connectivity index (χ0v) is 11.3. The standard InChI is InChI=1S/C14H13F6NO/c15-13(16,17)8-12(22)21-7-3-6-11(21)9-4-1-2-5-10(9)14(18,19)20/h1-2,4-5,11H,3,6-8H2/t11-/m1/s1. The minimum Gasteiger partial charge on any atom is -0.335 e. The molecule has 0 bridgehead atoms. The van der Waals surface area contributed by atoms with Crippen molar-refractivity contribution in [3.05, 3.63) is 35.4 Å². The van der Waals surface area contributed by atoms with E-state index in [4.69, 9.17) is 0 Å². The SMILES string of the molecule is O=C(CC(F)(F)F)N1CCC[C@@H]1c1ccccc1C(F)(F)F. The van der Waals surface area contributed by atoms with Gasteiger partial charge in [0.05, 0.1) is 11.6 Å². The highest BCUT2D eigenvalue weighted by Gasteiger charge is 2.41. The summed E-state index contributed by atoms with van der Waals surface area (Å²) >= 11 is 0. The number of benzene rings is 1. The molecular formula is C14H13F6NO. The van der Waals surface area contributed by atoms with Gasteiger partial charge in [-0.05, 0) is 24.5 Å². The monoisotopic (exact) mass is 325 g/mol. The summed E-state index contributed by atoms with van der Waals surface area (Å²) in [6, 6.07) is 3.72. The molecule has 1 fully saturated rings. The van der Waals surface area contributed by atoms with Crippen molar-refractivity contribution < 1.29 is 31.1 Å². The smallest absolute Gasteiger partial charge is 0.335 e. The number of hydrogen-bond donors (Lipinski definition) is 0. The Morgan fingerprint density at radius 1 is 1.14 bits per heavy atom. The maximum absolute atomic E-state index is 13.0. The Morgan fingerprint density at radius 3 is 2.36 bits per heavy atom. The third-order valence-electron chi connectivity index (χ3n) is 3.55. The molecule has 0 unspecified atom stereocenters. The third-order valence-corrected chi connectivity index (χ3v) is 3.55. The second-order valence-electron chi connectivity index (χ2n) is 5.12. The second kappa shape index (κ2) is 5.81. The van der Waals surface area contributed by atoms with E-state index in [-0.39, 0.29) is 18.5 Å². The molecule has 1 aliphatic rings. The Kier molecular flexibility index (Phi) is 4.39. The Balaban J connectivity index is 2.30. The van der Waals surface area contributed by atoms with E-state index >= 15 is 0 Å². The lowest BCUT2D eigenvalue weighted by Gasteiger charge is -2.27. The van der Waals surface area contributed by atoms with Crippen LogP contribution in [-0.2, 0) is 11.0 Å². The quantitative estimate of drug-likeness (QED) is 0.742. The molecule has 1 heterocycles. The Labute approximate surface area is 122 Å². The first-order valence-electron chi connectivity index (χ1n) is 6.62. The lowest BCUT2D eigenvalue weighted by molar-refractivity contribution is -0.162. The summed E-state index contributed by atoms with van der Waals surface area (Å²) in [5.41, 5.74) is -1.06. The Bertz CT molecular complexity index is 551. The molecule has 2 rings (SSSR count). The molecule has 2 nitrogen and oxygen atoms in total. The van der Waals surface area contributed by atoms with Crippen LogP contribution in [0.25, 0.3) is 0 Å². The molecule has 0 saturated carbocycles. The van der Waals surface area contributed by atoms with E-state index in [9.17, 15) is 31.1 Å². The first kappa shape index (κ1) is 16.6. The summed E-state index contributed by atoms with van der Waals surface area (Å²) in [5.74, 6) is -1.19. The molecule has 0 aromatic heterocycles. The van der Waals surface area contributed by atoms with Gasteiger partial charge in [-0.25, -0.2) is 0 Å². The summed E-state index contributed by atoms with van der Waals surface area (Å²) in [6.07, 6.45) is -10.3. The molecule has 0 spiro atoms. The molecule has 8 heteroatoms. The largest absolute Gasteiger partial charge is 0.416 e. The fourth-order valence-corrected chi connectivity index (χ4v) is 2.71. The van der Waals surface area contributed by atoms with Crippen LogP contribution >= 0.6 is 0 Å². The number of nitrogens with zero attached hydrogens (tertiary/aromatic N) is 1. The fraction of sp³-hybridized carbons (Fsp3) is 0.500. The van der Waals surface area contributed by atoms with Gasteiger partial charge in [-0.15, -0.1) is 0 Å². The van der Waals surface area contributed by atoms with Crippen LogP contribution in [0.1, 0.15) is 36.4 Å². The molecular weight excluding hydrogens is 312 g/mol. The van der Waals surface area contributed by atoms with Crippen LogP contribution in [0, 0.1) is 0 Å². The minimum atomic E-state index is -4.67. The number of likely N-dealkylation sites (tertiary alicyclic amines) is 1. The van der Waals surface area contributed by atoms with Crippen LogP contribution < -0.4 is 0 Å². The van der Waals surface area contributed by atoms with Crippen LogP contribution in [0.5, 0.6) is 0 Å². The summed E-state index contributed by atoms with van der Waals surface area (Å²) in [4.78, 5) is 12.6. The maximum Gasteiger partial charge on any atom is 0.416 e. The average Bonchev–Trinajstić information content (AvgIpc) is 2.84. The number of hydrogen-bond acceptors (Lipinski definition) is 1.